The molecule has 0 bridgehead atoms. The van der Waals surface area contributed by atoms with Crippen LogP contribution in [0.5, 0.6) is 0 Å². The number of anilines is 1. The van der Waals surface area contributed by atoms with E-state index in [9.17, 15) is 9.59 Å². The Hall–Kier alpha value is -2.41. The average Bonchev–Trinajstić information content (AvgIpc) is 3.04. The topological polar surface area (TPSA) is 84.2 Å². The summed E-state index contributed by atoms with van der Waals surface area (Å²) in [5.41, 5.74) is 6.23. The predicted molar refractivity (Wildman–Crippen MR) is 103 cm³/mol. The van der Waals surface area contributed by atoms with E-state index in [1.165, 1.54) is 11.3 Å². The van der Waals surface area contributed by atoms with Crippen molar-refractivity contribution < 1.29 is 9.59 Å². The Morgan fingerprint density at radius 2 is 1.88 bits per heavy atom. The van der Waals surface area contributed by atoms with Crippen molar-refractivity contribution in [3.8, 4) is 0 Å². The molecule has 3 rings (SSSR count). The van der Waals surface area contributed by atoms with Crippen LogP contribution in [0.3, 0.4) is 0 Å². The maximum absolute atomic E-state index is 12.4. The van der Waals surface area contributed by atoms with Gasteiger partial charge in [-0.1, -0.05) is 29.8 Å². The van der Waals surface area contributed by atoms with E-state index in [1.807, 2.05) is 30.3 Å². The summed E-state index contributed by atoms with van der Waals surface area (Å²) < 4.78 is 1.05. The van der Waals surface area contributed by atoms with Crippen LogP contribution in [-0.4, -0.2) is 24.9 Å². The highest BCUT2D eigenvalue weighted by Crippen LogP contribution is 2.27. The SMILES string of the molecule is NCCNC(=O)c1ccc(NC(=O)c2cc3ccccc3s2)cc1Cl. The molecule has 2 amide bonds. The first-order valence-electron chi connectivity index (χ1n) is 7.66. The molecule has 0 atom stereocenters. The molecule has 0 saturated heterocycles. The van der Waals surface area contributed by atoms with E-state index in [0.717, 1.165) is 10.1 Å². The molecule has 0 fully saturated rings. The summed E-state index contributed by atoms with van der Waals surface area (Å²) in [6, 6.07) is 14.5. The lowest BCUT2D eigenvalue weighted by molar-refractivity contribution is 0.0954. The van der Waals surface area contributed by atoms with Crippen LogP contribution in [0.2, 0.25) is 5.02 Å². The van der Waals surface area contributed by atoms with Crippen LogP contribution in [0.4, 0.5) is 5.69 Å². The lowest BCUT2D eigenvalue weighted by Gasteiger charge is -2.08. The van der Waals surface area contributed by atoms with E-state index in [-0.39, 0.29) is 16.8 Å². The van der Waals surface area contributed by atoms with Crippen LogP contribution >= 0.6 is 22.9 Å². The Morgan fingerprint density at radius 3 is 2.60 bits per heavy atom. The third-order valence-corrected chi connectivity index (χ3v) is 4.98. The van der Waals surface area contributed by atoms with Crippen LogP contribution in [0.1, 0.15) is 20.0 Å². The molecular weight excluding hydrogens is 358 g/mol. The number of hydrogen-bond acceptors (Lipinski definition) is 4. The first-order chi connectivity index (χ1) is 12.1. The van der Waals surface area contributed by atoms with Gasteiger partial charge in [0, 0.05) is 23.5 Å². The molecule has 0 aliphatic carbocycles. The van der Waals surface area contributed by atoms with Gasteiger partial charge in [0.2, 0.25) is 0 Å². The lowest BCUT2D eigenvalue weighted by atomic mass is 10.2. The number of amides is 2. The van der Waals surface area contributed by atoms with Crippen molar-refractivity contribution in [3.05, 3.63) is 64.0 Å². The van der Waals surface area contributed by atoms with Gasteiger partial charge in [0.25, 0.3) is 11.8 Å². The Morgan fingerprint density at radius 1 is 1.08 bits per heavy atom. The van der Waals surface area contributed by atoms with Crippen molar-refractivity contribution in [1.29, 1.82) is 0 Å². The first kappa shape index (κ1) is 17.4. The minimum absolute atomic E-state index is 0.211. The van der Waals surface area contributed by atoms with Crippen LogP contribution < -0.4 is 16.4 Å². The molecule has 0 saturated carbocycles. The van der Waals surface area contributed by atoms with Crippen LogP contribution in [-0.2, 0) is 0 Å². The second-order valence-electron chi connectivity index (χ2n) is 5.34. The Kier molecular flexibility index (Phi) is 5.33. The number of nitrogens with one attached hydrogen (secondary N) is 2. The predicted octanol–water partition coefficient (Wildman–Crippen LogP) is 3.50. The Labute approximate surface area is 153 Å². The monoisotopic (exact) mass is 373 g/mol. The van der Waals surface area contributed by atoms with E-state index < -0.39 is 0 Å². The number of carbonyl (C=O) groups excluding carboxylic acids is 2. The summed E-state index contributed by atoms with van der Waals surface area (Å²) in [5.74, 6) is -0.504. The fourth-order valence-electron chi connectivity index (χ4n) is 2.34. The van der Waals surface area contributed by atoms with Crippen LogP contribution in [0.25, 0.3) is 10.1 Å². The second-order valence-corrected chi connectivity index (χ2v) is 6.83. The molecule has 4 N–H and O–H groups in total. The number of fused-ring (bicyclic) bond motifs is 1. The number of thiophene rings is 1. The first-order valence-corrected chi connectivity index (χ1v) is 8.85. The standard InChI is InChI=1S/C18H16ClN3O2S/c19-14-10-12(5-6-13(14)17(23)21-8-7-20)22-18(24)16-9-11-3-1-2-4-15(11)25-16/h1-6,9-10H,7-8,20H2,(H,21,23)(H,22,24). The van der Waals surface area contributed by atoms with E-state index >= 15 is 0 Å². The fraction of sp³-hybridized carbons (Fsp3) is 0.111. The molecule has 0 aliphatic heterocycles. The zero-order valence-electron chi connectivity index (χ0n) is 13.2. The van der Waals surface area contributed by atoms with Gasteiger partial charge in [0.1, 0.15) is 0 Å². The van der Waals surface area contributed by atoms with Gasteiger partial charge in [0.05, 0.1) is 15.5 Å². The molecule has 25 heavy (non-hydrogen) atoms. The summed E-state index contributed by atoms with van der Waals surface area (Å²) in [6.07, 6.45) is 0. The second kappa shape index (κ2) is 7.65. The molecule has 0 aliphatic rings. The molecular formula is C18H16ClN3O2S. The van der Waals surface area contributed by atoms with E-state index in [2.05, 4.69) is 10.6 Å². The van der Waals surface area contributed by atoms with Gasteiger partial charge in [-0.25, -0.2) is 0 Å². The van der Waals surface area contributed by atoms with Gasteiger partial charge in [0.15, 0.2) is 0 Å². The zero-order chi connectivity index (χ0) is 17.8. The van der Waals surface area contributed by atoms with E-state index in [1.54, 1.807) is 18.2 Å². The van der Waals surface area contributed by atoms with Crippen molar-refractivity contribution in [3.63, 3.8) is 0 Å². The number of nitrogens with two attached hydrogens (primary N) is 1. The summed E-state index contributed by atoms with van der Waals surface area (Å²) >= 11 is 7.58. The molecule has 0 radical (unpaired) electrons. The molecule has 2 aromatic carbocycles. The molecule has 3 aromatic rings. The van der Waals surface area contributed by atoms with Gasteiger partial charge in [-0.3, -0.25) is 9.59 Å². The number of rotatable bonds is 5. The summed E-state index contributed by atoms with van der Waals surface area (Å²) in [7, 11) is 0. The minimum atomic E-state index is -0.294. The smallest absolute Gasteiger partial charge is 0.265 e. The maximum atomic E-state index is 12.4. The van der Waals surface area contributed by atoms with Crippen LogP contribution in [0, 0.1) is 0 Å². The van der Waals surface area contributed by atoms with Gasteiger partial charge in [-0.15, -0.1) is 11.3 Å². The maximum Gasteiger partial charge on any atom is 0.265 e. The highest BCUT2D eigenvalue weighted by atomic mass is 35.5. The molecule has 5 nitrogen and oxygen atoms in total. The quantitative estimate of drug-likeness (QED) is 0.640. The van der Waals surface area contributed by atoms with E-state index in [4.69, 9.17) is 17.3 Å². The number of carbonyl (C=O) groups is 2. The van der Waals surface area contributed by atoms with Crippen molar-refractivity contribution >= 4 is 50.5 Å². The normalized spacial score (nSPS) is 10.6. The molecule has 7 heteroatoms. The highest BCUT2D eigenvalue weighted by molar-refractivity contribution is 7.20. The third kappa shape index (κ3) is 3.99. The lowest BCUT2D eigenvalue weighted by Crippen LogP contribution is -2.29. The van der Waals surface area contributed by atoms with Gasteiger partial charge in [-0.2, -0.15) is 0 Å². The molecule has 128 valence electrons. The summed E-state index contributed by atoms with van der Waals surface area (Å²) in [5, 5.41) is 6.76. The van der Waals surface area contributed by atoms with Gasteiger partial charge < -0.3 is 16.4 Å². The Bertz CT molecular complexity index is 906. The Balaban J connectivity index is 1.75. The van der Waals surface area contributed by atoms with Crippen LogP contribution in [0.15, 0.2) is 48.5 Å². The van der Waals surface area contributed by atoms with Crippen molar-refractivity contribution in [2.45, 2.75) is 0 Å². The zero-order valence-corrected chi connectivity index (χ0v) is 14.8. The average molecular weight is 374 g/mol. The number of benzene rings is 2. The van der Waals surface area contributed by atoms with Gasteiger partial charge >= 0.3 is 0 Å². The third-order valence-electron chi connectivity index (χ3n) is 3.55. The molecule has 1 heterocycles. The largest absolute Gasteiger partial charge is 0.351 e. The minimum Gasteiger partial charge on any atom is -0.351 e. The summed E-state index contributed by atoms with van der Waals surface area (Å²) in [6.45, 7) is 0.728. The number of halogens is 1. The van der Waals surface area contributed by atoms with Crippen molar-refractivity contribution in [2.75, 3.05) is 18.4 Å². The highest BCUT2D eigenvalue weighted by Gasteiger charge is 2.13. The van der Waals surface area contributed by atoms with E-state index in [0.29, 0.717) is 29.2 Å². The van der Waals surface area contributed by atoms with Crippen molar-refractivity contribution in [2.24, 2.45) is 5.73 Å². The summed E-state index contributed by atoms with van der Waals surface area (Å²) in [4.78, 5) is 25.0. The molecule has 0 unspecified atom stereocenters. The molecule has 0 spiro atoms. The van der Waals surface area contributed by atoms with Crippen molar-refractivity contribution in [1.82, 2.24) is 5.32 Å². The molecule has 1 aromatic heterocycles. The number of hydrogen-bond donors (Lipinski definition) is 3. The van der Waals surface area contributed by atoms with Gasteiger partial charge in [-0.05, 0) is 35.7 Å². The fourth-order valence-corrected chi connectivity index (χ4v) is 3.57.